The molecular formula is C18H13ClF3NO3S. The lowest BCUT2D eigenvalue weighted by molar-refractivity contribution is -0.633. The Labute approximate surface area is 158 Å². The maximum atomic E-state index is 10.7. The molecule has 9 heteroatoms. The normalized spacial score (nSPS) is 13.0. The van der Waals surface area contributed by atoms with Gasteiger partial charge in [0.25, 0.3) is 0 Å². The lowest BCUT2D eigenvalue weighted by Gasteiger charge is -2.08. The minimum Gasteiger partial charge on any atom is -0.741 e. The van der Waals surface area contributed by atoms with Crippen LogP contribution in [0.4, 0.5) is 13.2 Å². The van der Waals surface area contributed by atoms with E-state index in [2.05, 4.69) is 54.1 Å². The Morgan fingerprint density at radius 2 is 1.63 bits per heavy atom. The van der Waals surface area contributed by atoms with Crippen LogP contribution < -0.4 is 4.57 Å². The molecule has 0 N–H and O–H groups in total. The summed E-state index contributed by atoms with van der Waals surface area (Å²) in [7, 11) is -3.97. The van der Waals surface area contributed by atoms with Crippen molar-refractivity contribution in [2.24, 2.45) is 7.05 Å². The average Bonchev–Trinajstić information content (AvgIpc) is 2.98. The van der Waals surface area contributed by atoms with Crippen LogP contribution >= 0.6 is 11.6 Å². The number of rotatable bonds is 0. The highest BCUT2D eigenvalue weighted by Crippen LogP contribution is 2.40. The molecule has 0 saturated heterocycles. The van der Waals surface area contributed by atoms with Crippen LogP contribution in [0.2, 0.25) is 5.02 Å². The number of para-hydroxylation sites is 1. The monoisotopic (exact) mass is 415 g/mol. The van der Waals surface area contributed by atoms with Gasteiger partial charge >= 0.3 is 5.51 Å². The molecule has 0 saturated carbocycles. The van der Waals surface area contributed by atoms with Crippen molar-refractivity contribution >= 4 is 32.6 Å². The highest BCUT2D eigenvalue weighted by atomic mass is 35.5. The van der Waals surface area contributed by atoms with Gasteiger partial charge in [-0.3, -0.25) is 0 Å². The summed E-state index contributed by atoms with van der Waals surface area (Å²) in [5.41, 5.74) is 0.733. The van der Waals surface area contributed by atoms with Crippen molar-refractivity contribution in [3.8, 4) is 11.3 Å². The van der Waals surface area contributed by atoms with Crippen molar-refractivity contribution in [2.45, 2.75) is 11.9 Å². The van der Waals surface area contributed by atoms with E-state index < -0.39 is 15.6 Å². The fraction of sp³-hybridized carbons (Fsp3) is 0.167. The Morgan fingerprint density at radius 3 is 2.26 bits per heavy atom. The predicted molar refractivity (Wildman–Crippen MR) is 94.1 cm³/mol. The van der Waals surface area contributed by atoms with Crippen molar-refractivity contribution < 1.29 is 30.7 Å². The standard InChI is InChI=1S/C17H13ClN.CHF3O3S/c1-19-15-9-5-4-8-13(15)16(18)14-10-11-6-2-3-7-12(11)17(14)19;2-1(3,4)8(5,6)7/h2-9H,10H2,1H3;(H,5,6,7)/q+1;/p-1. The number of halogens is 4. The van der Waals surface area contributed by atoms with Gasteiger partial charge in [0.2, 0.25) is 11.2 Å². The maximum Gasteiger partial charge on any atom is 0.485 e. The summed E-state index contributed by atoms with van der Waals surface area (Å²) in [4.78, 5) is 0. The second-order valence-electron chi connectivity index (χ2n) is 5.95. The van der Waals surface area contributed by atoms with E-state index >= 15 is 0 Å². The van der Waals surface area contributed by atoms with Crippen molar-refractivity contribution in [3.05, 3.63) is 64.7 Å². The molecule has 0 unspecified atom stereocenters. The van der Waals surface area contributed by atoms with Crippen LogP contribution in [-0.4, -0.2) is 18.5 Å². The van der Waals surface area contributed by atoms with Crippen molar-refractivity contribution in [3.63, 3.8) is 0 Å². The molecule has 0 fully saturated rings. The predicted octanol–water partition coefficient (Wildman–Crippen LogP) is 3.94. The van der Waals surface area contributed by atoms with E-state index in [0.717, 1.165) is 16.8 Å². The fourth-order valence-electron chi connectivity index (χ4n) is 3.14. The fourth-order valence-corrected chi connectivity index (χ4v) is 3.46. The zero-order valence-electron chi connectivity index (χ0n) is 13.9. The number of aryl methyl sites for hydroxylation is 1. The molecule has 0 aliphatic heterocycles. The molecule has 4 rings (SSSR count). The molecular weight excluding hydrogens is 403 g/mol. The first-order valence-corrected chi connectivity index (χ1v) is 9.50. The van der Waals surface area contributed by atoms with E-state index in [1.807, 2.05) is 6.07 Å². The second-order valence-corrected chi connectivity index (χ2v) is 7.70. The zero-order chi connectivity index (χ0) is 20.0. The van der Waals surface area contributed by atoms with Crippen molar-refractivity contribution in [1.29, 1.82) is 0 Å². The summed E-state index contributed by atoms with van der Waals surface area (Å²) in [6.07, 6.45) is 0.934. The van der Waals surface area contributed by atoms with Crippen LogP contribution in [-0.2, 0) is 23.6 Å². The Bertz CT molecular complexity index is 1140. The third kappa shape index (κ3) is 3.52. The van der Waals surface area contributed by atoms with Gasteiger partial charge < -0.3 is 4.55 Å². The molecule has 1 heterocycles. The summed E-state index contributed by atoms with van der Waals surface area (Å²) in [6.45, 7) is 0. The number of alkyl halides is 3. The Balaban J connectivity index is 0.000000226. The number of aromatic nitrogens is 1. The molecule has 0 spiro atoms. The minimum absolute atomic E-state index is 0.903. The molecule has 2 aromatic carbocycles. The van der Waals surface area contributed by atoms with E-state index in [9.17, 15) is 13.2 Å². The summed E-state index contributed by atoms with van der Waals surface area (Å²) in [5.74, 6) is 0. The van der Waals surface area contributed by atoms with E-state index in [0.29, 0.717) is 0 Å². The van der Waals surface area contributed by atoms with Crippen LogP contribution in [0, 0.1) is 0 Å². The van der Waals surface area contributed by atoms with Crippen LogP contribution in [0.3, 0.4) is 0 Å². The SMILES string of the molecule is C[n+]1c2c(c(Cl)c3ccccc31)Cc1ccccc1-2.O=S(=O)([O-])C(F)(F)F. The molecule has 3 aromatic rings. The summed E-state index contributed by atoms with van der Waals surface area (Å²) in [5, 5.41) is 2.04. The third-order valence-corrected chi connectivity index (χ3v) is 5.31. The van der Waals surface area contributed by atoms with Gasteiger partial charge in [-0.25, -0.2) is 8.42 Å². The summed E-state index contributed by atoms with van der Waals surface area (Å²) < 4.78 is 61.2. The summed E-state index contributed by atoms with van der Waals surface area (Å²) >= 11 is 6.64. The number of hydrogen-bond donors (Lipinski definition) is 0. The topological polar surface area (TPSA) is 61.1 Å². The molecule has 0 amide bonds. The highest BCUT2D eigenvalue weighted by molar-refractivity contribution is 7.86. The molecule has 1 aliphatic carbocycles. The first-order chi connectivity index (χ1) is 12.5. The Morgan fingerprint density at radius 1 is 1.07 bits per heavy atom. The molecule has 142 valence electrons. The molecule has 0 bridgehead atoms. The van der Waals surface area contributed by atoms with Gasteiger partial charge in [0.05, 0.1) is 16.0 Å². The third-order valence-electron chi connectivity index (χ3n) is 4.31. The number of nitrogens with zero attached hydrogens (tertiary/aromatic N) is 1. The van der Waals surface area contributed by atoms with Gasteiger partial charge in [-0.05, 0) is 17.7 Å². The van der Waals surface area contributed by atoms with Crippen LogP contribution in [0.15, 0.2) is 48.5 Å². The lowest BCUT2D eigenvalue weighted by atomic mass is 10.1. The van der Waals surface area contributed by atoms with E-state index in [-0.39, 0.29) is 0 Å². The van der Waals surface area contributed by atoms with Gasteiger partial charge in [0, 0.05) is 18.1 Å². The van der Waals surface area contributed by atoms with Crippen LogP contribution in [0.5, 0.6) is 0 Å². The van der Waals surface area contributed by atoms with Gasteiger partial charge in [-0.15, -0.1) is 0 Å². The van der Waals surface area contributed by atoms with E-state index in [1.54, 1.807) is 0 Å². The quantitative estimate of drug-likeness (QED) is 0.248. The van der Waals surface area contributed by atoms with Gasteiger partial charge in [0.15, 0.2) is 10.1 Å². The lowest BCUT2D eigenvalue weighted by Crippen LogP contribution is -2.32. The molecule has 4 nitrogen and oxygen atoms in total. The summed E-state index contributed by atoms with van der Waals surface area (Å²) in [6, 6.07) is 16.9. The molecule has 1 aliphatic rings. The number of pyridine rings is 1. The second kappa shape index (κ2) is 6.78. The van der Waals surface area contributed by atoms with Gasteiger partial charge in [-0.1, -0.05) is 41.9 Å². The number of benzene rings is 2. The molecule has 0 radical (unpaired) electrons. The van der Waals surface area contributed by atoms with Crippen molar-refractivity contribution in [1.82, 2.24) is 0 Å². The first kappa shape index (κ1) is 19.6. The average molecular weight is 416 g/mol. The maximum absolute atomic E-state index is 10.7. The smallest absolute Gasteiger partial charge is 0.485 e. The van der Waals surface area contributed by atoms with Gasteiger partial charge in [0.1, 0.15) is 7.05 Å². The first-order valence-electron chi connectivity index (χ1n) is 7.72. The highest BCUT2D eigenvalue weighted by Gasteiger charge is 2.37. The Hall–Kier alpha value is -2.16. The van der Waals surface area contributed by atoms with E-state index in [4.69, 9.17) is 24.6 Å². The zero-order valence-corrected chi connectivity index (χ0v) is 15.5. The number of fused-ring (bicyclic) bond motifs is 4. The van der Waals surface area contributed by atoms with Gasteiger partial charge in [-0.2, -0.15) is 17.7 Å². The van der Waals surface area contributed by atoms with Crippen molar-refractivity contribution in [2.75, 3.05) is 0 Å². The molecule has 27 heavy (non-hydrogen) atoms. The van der Waals surface area contributed by atoms with Crippen LogP contribution in [0.25, 0.3) is 22.2 Å². The Kier molecular flexibility index (Phi) is 4.92. The molecule has 0 atom stereocenters. The van der Waals surface area contributed by atoms with Crippen LogP contribution in [0.1, 0.15) is 11.1 Å². The molecule has 1 aromatic heterocycles. The largest absolute Gasteiger partial charge is 0.741 e. The minimum atomic E-state index is -6.09. The van der Waals surface area contributed by atoms with E-state index in [1.165, 1.54) is 27.9 Å². The number of hydrogen-bond acceptors (Lipinski definition) is 3.